The maximum atomic E-state index is 3.65. The van der Waals surface area contributed by atoms with E-state index < -0.39 is 0 Å². The van der Waals surface area contributed by atoms with E-state index >= 15 is 0 Å². The Bertz CT molecular complexity index is 246. The molecule has 0 aliphatic heterocycles. The minimum atomic E-state index is 0.419. The van der Waals surface area contributed by atoms with Crippen LogP contribution in [-0.2, 0) is 0 Å². The predicted molar refractivity (Wildman–Crippen MR) is 90.2 cm³/mol. The van der Waals surface area contributed by atoms with E-state index in [1.54, 1.807) is 0 Å². The highest BCUT2D eigenvalue weighted by Crippen LogP contribution is 2.27. The van der Waals surface area contributed by atoms with Gasteiger partial charge in [-0.3, -0.25) is 0 Å². The molecule has 1 rings (SSSR count). The van der Waals surface area contributed by atoms with Gasteiger partial charge in [-0.1, -0.05) is 53.4 Å². The molecular weight excluding hydrogens is 244 g/mol. The Labute approximate surface area is 127 Å². The van der Waals surface area contributed by atoms with E-state index in [9.17, 15) is 0 Å². The van der Waals surface area contributed by atoms with Gasteiger partial charge in [0, 0.05) is 25.7 Å². The van der Waals surface area contributed by atoms with Crippen LogP contribution in [0.25, 0.3) is 0 Å². The normalized spacial score (nSPS) is 20.6. The third-order valence-electron chi connectivity index (χ3n) is 4.74. The average molecular weight is 283 g/mol. The summed E-state index contributed by atoms with van der Waals surface area (Å²) in [5.74, 6) is 0.956. The lowest BCUT2D eigenvalue weighted by Gasteiger charge is -2.36. The van der Waals surface area contributed by atoms with E-state index in [1.807, 2.05) is 0 Å². The summed E-state index contributed by atoms with van der Waals surface area (Å²) in [5, 5.41) is 3.65. The monoisotopic (exact) mass is 282 g/mol. The lowest BCUT2D eigenvalue weighted by atomic mass is 9.83. The second-order valence-electron chi connectivity index (χ2n) is 7.80. The van der Waals surface area contributed by atoms with Crippen molar-refractivity contribution in [3.05, 3.63) is 0 Å². The molecule has 0 aromatic heterocycles. The van der Waals surface area contributed by atoms with Gasteiger partial charge in [0.2, 0.25) is 0 Å². The second kappa shape index (κ2) is 9.04. The number of rotatable bonds is 9. The summed E-state index contributed by atoms with van der Waals surface area (Å²) in [6, 6.07) is 0.592. The molecule has 2 heteroatoms. The van der Waals surface area contributed by atoms with Gasteiger partial charge in [0.25, 0.3) is 0 Å². The van der Waals surface area contributed by atoms with Gasteiger partial charge >= 0.3 is 0 Å². The molecule has 1 atom stereocenters. The van der Waals surface area contributed by atoms with E-state index in [-0.39, 0.29) is 0 Å². The fourth-order valence-electron chi connectivity index (χ4n) is 3.80. The fourth-order valence-corrected chi connectivity index (χ4v) is 3.80. The topological polar surface area (TPSA) is 15.3 Å². The number of hydrogen-bond donors (Lipinski definition) is 1. The first-order valence-electron chi connectivity index (χ1n) is 8.87. The van der Waals surface area contributed by atoms with Crippen LogP contribution in [0.15, 0.2) is 0 Å². The van der Waals surface area contributed by atoms with Crippen LogP contribution in [0, 0.1) is 11.3 Å². The summed E-state index contributed by atoms with van der Waals surface area (Å²) in [7, 11) is 2.33. The zero-order valence-electron chi connectivity index (χ0n) is 14.7. The van der Waals surface area contributed by atoms with Crippen molar-refractivity contribution in [2.45, 2.75) is 78.7 Å². The smallest absolute Gasteiger partial charge is 0.00445 e. The van der Waals surface area contributed by atoms with Crippen LogP contribution in [0.1, 0.15) is 72.6 Å². The summed E-state index contributed by atoms with van der Waals surface area (Å²) in [6.07, 6.45) is 9.90. The molecule has 0 saturated heterocycles. The molecular formula is C18H38N2. The largest absolute Gasteiger partial charge is 0.314 e. The van der Waals surface area contributed by atoms with Gasteiger partial charge in [-0.05, 0) is 37.6 Å². The van der Waals surface area contributed by atoms with E-state index in [0.29, 0.717) is 11.5 Å². The molecule has 0 heterocycles. The molecule has 0 amide bonds. The summed E-state index contributed by atoms with van der Waals surface area (Å²) >= 11 is 0. The predicted octanol–water partition coefficient (Wildman–Crippen LogP) is 4.30. The number of hydrogen-bond acceptors (Lipinski definition) is 2. The summed E-state index contributed by atoms with van der Waals surface area (Å²) in [5.41, 5.74) is 0.419. The van der Waals surface area contributed by atoms with Gasteiger partial charge < -0.3 is 10.2 Å². The first-order chi connectivity index (χ1) is 9.45. The van der Waals surface area contributed by atoms with E-state index in [4.69, 9.17) is 0 Å². The van der Waals surface area contributed by atoms with Crippen LogP contribution in [0.3, 0.4) is 0 Å². The SMILES string of the molecule is CCCC(C)(CNC(C)C)CN(C)CC1CCCCC1. The first kappa shape index (κ1) is 18.0. The molecule has 1 N–H and O–H groups in total. The zero-order chi connectivity index (χ0) is 15.0. The summed E-state index contributed by atoms with van der Waals surface area (Å²) in [4.78, 5) is 2.60. The average Bonchev–Trinajstić information content (AvgIpc) is 2.37. The molecule has 1 fully saturated rings. The Hall–Kier alpha value is -0.0800. The molecule has 1 unspecified atom stereocenters. The third-order valence-corrected chi connectivity index (χ3v) is 4.74. The Morgan fingerprint density at radius 3 is 2.40 bits per heavy atom. The summed E-state index contributed by atoms with van der Waals surface area (Å²) in [6.45, 7) is 13.0. The van der Waals surface area contributed by atoms with Crippen LogP contribution in [0.5, 0.6) is 0 Å². The molecule has 120 valence electrons. The summed E-state index contributed by atoms with van der Waals surface area (Å²) < 4.78 is 0. The van der Waals surface area contributed by atoms with Crippen molar-refractivity contribution in [1.29, 1.82) is 0 Å². The quantitative estimate of drug-likeness (QED) is 0.678. The molecule has 0 aromatic carbocycles. The van der Waals surface area contributed by atoms with E-state index in [0.717, 1.165) is 12.5 Å². The van der Waals surface area contributed by atoms with Gasteiger partial charge in [0.1, 0.15) is 0 Å². The van der Waals surface area contributed by atoms with Crippen molar-refractivity contribution in [2.75, 3.05) is 26.7 Å². The second-order valence-corrected chi connectivity index (χ2v) is 7.80. The van der Waals surface area contributed by atoms with Gasteiger partial charge in [-0.15, -0.1) is 0 Å². The Balaban J connectivity index is 2.41. The van der Waals surface area contributed by atoms with Gasteiger partial charge in [-0.2, -0.15) is 0 Å². The Morgan fingerprint density at radius 1 is 1.20 bits per heavy atom. The van der Waals surface area contributed by atoms with Crippen molar-refractivity contribution in [2.24, 2.45) is 11.3 Å². The van der Waals surface area contributed by atoms with Gasteiger partial charge in [-0.25, -0.2) is 0 Å². The van der Waals surface area contributed by atoms with Crippen LogP contribution in [0.4, 0.5) is 0 Å². The van der Waals surface area contributed by atoms with Crippen LogP contribution >= 0.6 is 0 Å². The molecule has 0 bridgehead atoms. The standard InChI is InChI=1S/C18H38N2/c1-6-12-18(4,14-19-16(2)3)15-20(5)13-17-10-8-7-9-11-17/h16-17,19H,6-15H2,1-5H3. The lowest BCUT2D eigenvalue weighted by Crippen LogP contribution is -2.44. The van der Waals surface area contributed by atoms with E-state index in [1.165, 1.54) is 58.0 Å². The maximum absolute atomic E-state index is 3.65. The van der Waals surface area contributed by atoms with Crippen LogP contribution in [0.2, 0.25) is 0 Å². The molecule has 2 nitrogen and oxygen atoms in total. The van der Waals surface area contributed by atoms with Crippen molar-refractivity contribution in [1.82, 2.24) is 10.2 Å². The van der Waals surface area contributed by atoms with Crippen molar-refractivity contribution in [3.8, 4) is 0 Å². The highest BCUT2D eigenvalue weighted by atomic mass is 15.1. The molecule has 1 aliphatic carbocycles. The highest BCUT2D eigenvalue weighted by Gasteiger charge is 2.26. The molecule has 20 heavy (non-hydrogen) atoms. The molecule has 0 spiro atoms. The third kappa shape index (κ3) is 7.08. The van der Waals surface area contributed by atoms with Crippen molar-refractivity contribution >= 4 is 0 Å². The van der Waals surface area contributed by atoms with Crippen molar-refractivity contribution in [3.63, 3.8) is 0 Å². The molecule has 0 aromatic rings. The van der Waals surface area contributed by atoms with E-state index in [2.05, 4.69) is 45.0 Å². The fraction of sp³-hybridized carbons (Fsp3) is 1.00. The Morgan fingerprint density at radius 2 is 1.85 bits per heavy atom. The minimum Gasteiger partial charge on any atom is -0.314 e. The van der Waals surface area contributed by atoms with Crippen LogP contribution in [-0.4, -0.2) is 37.6 Å². The lowest BCUT2D eigenvalue weighted by molar-refractivity contribution is 0.143. The Kier molecular flexibility index (Phi) is 8.13. The number of nitrogens with zero attached hydrogens (tertiary/aromatic N) is 1. The van der Waals surface area contributed by atoms with Crippen LogP contribution < -0.4 is 5.32 Å². The van der Waals surface area contributed by atoms with Crippen molar-refractivity contribution < 1.29 is 0 Å². The molecule has 0 radical (unpaired) electrons. The molecule has 1 saturated carbocycles. The number of nitrogens with one attached hydrogen (secondary N) is 1. The first-order valence-corrected chi connectivity index (χ1v) is 8.87. The van der Waals surface area contributed by atoms with Gasteiger partial charge in [0.15, 0.2) is 0 Å². The molecule has 1 aliphatic rings. The van der Waals surface area contributed by atoms with Gasteiger partial charge in [0.05, 0.1) is 0 Å². The minimum absolute atomic E-state index is 0.419. The highest BCUT2D eigenvalue weighted by molar-refractivity contribution is 4.81. The zero-order valence-corrected chi connectivity index (χ0v) is 14.7. The maximum Gasteiger partial charge on any atom is 0.00445 e.